The van der Waals surface area contributed by atoms with Gasteiger partial charge in [0.1, 0.15) is 0 Å². The Morgan fingerprint density at radius 3 is 2.58 bits per heavy atom. The highest BCUT2D eigenvalue weighted by molar-refractivity contribution is 8.18. The van der Waals surface area contributed by atoms with Gasteiger partial charge in [-0.2, -0.15) is 5.26 Å². The topological polar surface area (TPSA) is 109 Å². The van der Waals surface area contributed by atoms with Crippen LogP contribution in [0.5, 0.6) is 11.5 Å². The summed E-state index contributed by atoms with van der Waals surface area (Å²) < 4.78 is 11.4. The Hall–Kier alpha value is -4.55. The second-order valence-electron chi connectivity index (χ2n) is 8.33. The van der Waals surface area contributed by atoms with Crippen LogP contribution in [0.25, 0.3) is 6.08 Å². The average Bonchev–Trinajstić information content (AvgIpc) is 3.17. The van der Waals surface area contributed by atoms with E-state index in [2.05, 4.69) is 11.4 Å². The Morgan fingerprint density at radius 1 is 1.05 bits per heavy atom. The zero-order valence-electron chi connectivity index (χ0n) is 20.9. The summed E-state index contributed by atoms with van der Waals surface area (Å²) in [6.07, 6.45) is 1.61. The molecule has 0 unspecified atom stereocenters. The zero-order valence-corrected chi connectivity index (χ0v) is 21.7. The van der Waals surface area contributed by atoms with E-state index in [1.807, 2.05) is 38.1 Å². The number of ether oxygens (including phenoxy) is 2. The largest absolute Gasteiger partial charge is 0.490 e. The molecule has 1 heterocycles. The van der Waals surface area contributed by atoms with E-state index < -0.39 is 11.1 Å². The number of hydrogen-bond acceptors (Lipinski definition) is 7. The van der Waals surface area contributed by atoms with Crippen molar-refractivity contribution < 1.29 is 23.9 Å². The van der Waals surface area contributed by atoms with Crippen LogP contribution in [0.1, 0.15) is 29.2 Å². The van der Waals surface area contributed by atoms with Gasteiger partial charge in [-0.15, -0.1) is 0 Å². The minimum Gasteiger partial charge on any atom is -0.490 e. The van der Waals surface area contributed by atoms with Gasteiger partial charge in [0, 0.05) is 5.69 Å². The highest BCUT2D eigenvalue weighted by Gasteiger charge is 2.35. The van der Waals surface area contributed by atoms with Crippen molar-refractivity contribution in [1.29, 1.82) is 5.26 Å². The monoisotopic (exact) mass is 527 g/mol. The molecule has 0 aromatic heterocycles. The van der Waals surface area contributed by atoms with Crippen molar-refractivity contribution in [2.75, 3.05) is 18.5 Å². The number of benzene rings is 3. The predicted molar refractivity (Wildman–Crippen MR) is 146 cm³/mol. The second kappa shape index (κ2) is 12.1. The Morgan fingerprint density at radius 2 is 1.82 bits per heavy atom. The number of hydrogen-bond donors (Lipinski definition) is 1. The van der Waals surface area contributed by atoms with Gasteiger partial charge in [0.2, 0.25) is 0 Å². The normalized spacial score (nSPS) is 13.9. The Bertz CT molecular complexity index is 1460. The number of para-hydroxylation sites is 1. The number of amides is 3. The van der Waals surface area contributed by atoms with Crippen molar-refractivity contribution in [3.8, 4) is 17.6 Å². The minimum absolute atomic E-state index is 0.0211. The van der Waals surface area contributed by atoms with Crippen molar-refractivity contribution >= 4 is 40.6 Å². The fourth-order valence-electron chi connectivity index (χ4n) is 3.77. The minimum atomic E-state index is -0.432. The number of carbonyl (C=O) groups is 3. The number of thioether (sulfide) groups is 1. The molecule has 1 saturated heterocycles. The molecule has 0 bridgehead atoms. The molecule has 1 fully saturated rings. The number of imide groups is 1. The van der Waals surface area contributed by atoms with Crippen LogP contribution in [0, 0.1) is 18.3 Å². The van der Waals surface area contributed by atoms with E-state index in [1.165, 1.54) is 0 Å². The van der Waals surface area contributed by atoms with E-state index in [4.69, 9.17) is 9.47 Å². The summed E-state index contributed by atoms with van der Waals surface area (Å²) in [6.45, 7) is 3.90. The quantitative estimate of drug-likeness (QED) is 0.365. The van der Waals surface area contributed by atoms with Crippen LogP contribution in [-0.4, -0.2) is 35.2 Å². The van der Waals surface area contributed by atoms with Gasteiger partial charge in [-0.05, 0) is 72.6 Å². The molecular weight excluding hydrogens is 502 g/mol. The molecular formula is C29H25N3O5S. The van der Waals surface area contributed by atoms with Crippen LogP contribution < -0.4 is 14.8 Å². The van der Waals surface area contributed by atoms with Crippen LogP contribution in [0.2, 0.25) is 0 Å². The van der Waals surface area contributed by atoms with Gasteiger partial charge in [0.25, 0.3) is 17.1 Å². The first-order valence-corrected chi connectivity index (χ1v) is 12.7. The lowest BCUT2D eigenvalue weighted by Gasteiger charge is -2.14. The molecule has 0 atom stereocenters. The van der Waals surface area contributed by atoms with E-state index in [-0.39, 0.29) is 24.0 Å². The van der Waals surface area contributed by atoms with Gasteiger partial charge in [0.15, 0.2) is 18.1 Å². The molecule has 0 spiro atoms. The standard InChI is InChI=1S/C29H25N3O5S/c1-3-36-25-14-20(12-13-24(25)37-18-27(33)31-23-11-7-4-8-19(23)2)15-26-28(34)32(29(35)38-26)17-22-10-6-5-9-21(22)16-30/h4-15H,3,17-18H2,1-2H3,(H,31,33)/b26-15-. The van der Waals surface area contributed by atoms with Crippen LogP contribution >= 0.6 is 11.8 Å². The van der Waals surface area contributed by atoms with Crippen molar-refractivity contribution in [2.45, 2.75) is 20.4 Å². The molecule has 0 radical (unpaired) electrons. The van der Waals surface area contributed by atoms with E-state index >= 15 is 0 Å². The van der Waals surface area contributed by atoms with E-state index in [0.29, 0.717) is 40.5 Å². The van der Waals surface area contributed by atoms with E-state index in [1.54, 1.807) is 48.5 Å². The first-order valence-electron chi connectivity index (χ1n) is 11.9. The van der Waals surface area contributed by atoms with E-state index in [9.17, 15) is 19.6 Å². The van der Waals surface area contributed by atoms with Crippen molar-refractivity contribution in [2.24, 2.45) is 0 Å². The number of rotatable bonds is 9. The third kappa shape index (κ3) is 6.22. The summed E-state index contributed by atoms with van der Waals surface area (Å²) >= 11 is 0.840. The lowest BCUT2D eigenvalue weighted by molar-refractivity contribution is -0.123. The average molecular weight is 528 g/mol. The van der Waals surface area contributed by atoms with Crippen LogP contribution in [0.15, 0.2) is 71.6 Å². The number of carbonyl (C=O) groups excluding carboxylic acids is 3. The number of aryl methyl sites for hydroxylation is 1. The number of anilines is 1. The Kier molecular flexibility index (Phi) is 8.46. The molecule has 38 heavy (non-hydrogen) atoms. The highest BCUT2D eigenvalue weighted by Crippen LogP contribution is 2.35. The highest BCUT2D eigenvalue weighted by atomic mass is 32.2. The van der Waals surface area contributed by atoms with Gasteiger partial charge in [-0.25, -0.2) is 0 Å². The van der Waals surface area contributed by atoms with Crippen LogP contribution in [0.3, 0.4) is 0 Å². The van der Waals surface area contributed by atoms with Crippen molar-refractivity contribution in [3.05, 3.63) is 93.9 Å². The summed E-state index contributed by atoms with van der Waals surface area (Å²) in [7, 11) is 0. The maximum Gasteiger partial charge on any atom is 0.293 e. The SMILES string of the molecule is CCOc1cc(/C=C2\SC(=O)N(Cc3ccccc3C#N)C2=O)ccc1OCC(=O)Nc1ccccc1C. The molecule has 0 aliphatic carbocycles. The van der Waals surface area contributed by atoms with E-state index in [0.717, 1.165) is 22.2 Å². The molecule has 1 aliphatic heterocycles. The summed E-state index contributed by atoms with van der Waals surface area (Å²) in [5.74, 6) is 0.0497. The summed E-state index contributed by atoms with van der Waals surface area (Å²) in [6, 6.07) is 21.5. The second-order valence-corrected chi connectivity index (χ2v) is 9.32. The van der Waals surface area contributed by atoms with Gasteiger partial charge in [0.05, 0.1) is 29.7 Å². The summed E-state index contributed by atoms with van der Waals surface area (Å²) in [4.78, 5) is 39.3. The molecule has 3 amide bonds. The smallest absolute Gasteiger partial charge is 0.293 e. The maximum absolute atomic E-state index is 13.0. The molecule has 0 saturated carbocycles. The first-order chi connectivity index (χ1) is 18.4. The summed E-state index contributed by atoms with van der Waals surface area (Å²) in [5.41, 5.74) is 3.31. The number of nitriles is 1. The third-order valence-corrected chi connectivity index (χ3v) is 6.59. The van der Waals surface area contributed by atoms with Gasteiger partial charge >= 0.3 is 0 Å². The van der Waals surface area contributed by atoms with Gasteiger partial charge < -0.3 is 14.8 Å². The zero-order chi connectivity index (χ0) is 27.1. The molecule has 192 valence electrons. The molecule has 3 aromatic rings. The summed E-state index contributed by atoms with van der Waals surface area (Å²) in [5, 5.41) is 11.7. The number of nitrogens with one attached hydrogen (secondary N) is 1. The molecule has 8 nitrogen and oxygen atoms in total. The van der Waals surface area contributed by atoms with Crippen molar-refractivity contribution in [3.63, 3.8) is 0 Å². The molecule has 3 aromatic carbocycles. The molecule has 1 N–H and O–H groups in total. The fraction of sp³-hybridized carbons (Fsp3) is 0.172. The molecule has 4 rings (SSSR count). The van der Waals surface area contributed by atoms with Gasteiger partial charge in [-0.3, -0.25) is 19.3 Å². The lowest BCUT2D eigenvalue weighted by Crippen LogP contribution is -2.27. The van der Waals surface area contributed by atoms with Crippen molar-refractivity contribution in [1.82, 2.24) is 4.90 Å². The fourth-order valence-corrected chi connectivity index (χ4v) is 4.61. The number of nitrogens with zero attached hydrogens (tertiary/aromatic N) is 2. The molecule has 1 aliphatic rings. The van der Waals surface area contributed by atoms with Crippen LogP contribution in [0.4, 0.5) is 10.5 Å². The third-order valence-electron chi connectivity index (χ3n) is 5.68. The molecule has 9 heteroatoms. The first kappa shape index (κ1) is 26.5. The maximum atomic E-state index is 13.0. The lowest BCUT2D eigenvalue weighted by atomic mass is 10.1. The van der Waals surface area contributed by atoms with Crippen LogP contribution in [-0.2, 0) is 16.1 Å². The van der Waals surface area contributed by atoms with Gasteiger partial charge in [-0.1, -0.05) is 42.5 Å². The Labute approximate surface area is 224 Å². The predicted octanol–water partition coefficient (Wildman–Crippen LogP) is 5.52. The Balaban J connectivity index is 1.46.